The molecule has 0 fully saturated rings. The minimum absolute atomic E-state index is 0.0365. The van der Waals surface area contributed by atoms with Crippen LogP contribution < -0.4 is 10.1 Å². The Balaban J connectivity index is 1.93. The number of alkyl halides is 3. The van der Waals surface area contributed by atoms with Gasteiger partial charge in [-0.3, -0.25) is 4.79 Å². The van der Waals surface area contributed by atoms with E-state index in [1.54, 1.807) is 30.3 Å². The molecule has 7 heteroatoms. The van der Waals surface area contributed by atoms with Crippen LogP contribution in [-0.2, 0) is 6.18 Å². The SMILES string of the molecule is COc1ccc(C(=O)Nc2ccc(C(F)(F)F)cc2)c(-c2cccc(O)c2)c1. The van der Waals surface area contributed by atoms with E-state index in [1.165, 1.54) is 31.4 Å². The van der Waals surface area contributed by atoms with Crippen LogP contribution in [0.3, 0.4) is 0 Å². The van der Waals surface area contributed by atoms with Crippen molar-refractivity contribution in [3.05, 3.63) is 77.9 Å². The first kappa shape index (κ1) is 19.3. The number of phenolic OH excluding ortho intramolecular Hbond substituents is 1. The molecule has 0 spiro atoms. The number of hydrogen-bond donors (Lipinski definition) is 2. The van der Waals surface area contributed by atoms with Gasteiger partial charge in [0, 0.05) is 11.3 Å². The van der Waals surface area contributed by atoms with Crippen LogP contribution in [-0.4, -0.2) is 18.1 Å². The largest absolute Gasteiger partial charge is 0.508 e. The van der Waals surface area contributed by atoms with Crippen LogP contribution in [0.2, 0.25) is 0 Å². The number of benzene rings is 3. The third-order valence-corrected chi connectivity index (χ3v) is 4.10. The summed E-state index contributed by atoms with van der Waals surface area (Å²) in [5.41, 5.74) is 0.827. The molecule has 28 heavy (non-hydrogen) atoms. The molecule has 0 unspecified atom stereocenters. The second kappa shape index (κ2) is 7.64. The van der Waals surface area contributed by atoms with Crippen molar-refractivity contribution >= 4 is 11.6 Å². The van der Waals surface area contributed by atoms with Crippen molar-refractivity contribution in [1.29, 1.82) is 0 Å². The highest BCUT2D eigenvalue weighted by Gasteiger charge is 2.30. The molecule has 3 rings (SSSR count). The fourth-order valence-electron chi connectivity index (χ4n) is 2.70. The third-order valence-electron chi connectivity index (χ3n) is 4.10. The molecule has 2 N–H and O–H groups in total. The molecule has 0 bridgehead atoms. The van der Waals surface area contributed by atoms with E-state index in [0.717, 1.165) is 12.1 Å². The van der Waals surface area contributed by atoms with Crippen LogP contribution >= 0.6 is 0 Å². The van der Waals surface area contributed by atoms with Crippen LogP contribution in [0.5, 0.6) is 11.5 Å². The van der Waals surface area contributed by atoms with E-state index in [4.69, 9.17) is 4.74 Å². The van der Waals surface area contributed by atoms with Gasteiger partial charge in [-0.25, -0.2) is 0 Å². The highest BCUT2D eigenvalue weighted by Crippen LogP contribution is 2.32. The minimum Gasteiger partial charge on any atom is -0.508 e. The van der Waals surface area contributed by atoms with Crippen molar-refractivity contribution in [2.24, 2.45) is 0 Å². The Morgan fingerprint density at radius 2 is 1.71 bits per heavy atom. The van der Waals surface area contributed by atoms with E-state index in [0.29, 0.717) is 16.9 Å². The molecule has 0 aliphatic rings. The van der Waals surface area contributed by atoms with Gasteiger partial charge in [0.15, 0.2) is 0 Å². The number of anilines is 1. The first-order valence-electron chi connectivity index (χ1n) is 8.24. The number of phenols is 1. The Labute approximate surface area is 159 Å². The predicted molar refractivity (Wildman–Crippen MR) is 99.5 cm³/mol. The van der Waals surface area contributed by atoms with E-state index in [1.807, 2.05) is 0 Å². The number of hydrogen-bond acceptors (Lipinski definition) is 3. The van der Waals surface area contributed by atoms with Gasteiger partial charge in [-0.2, -0.15) is 13.2 Å². The van der Waals surface area contributed by atoms with Gasteiger partial charge >= 0.3 is 6.18 Å². The van der Waals surface area contributed by atoms with Crippen molar-refractivity contribution < 1.29 is 27.8 Å². The lowest BCUT2D eigenvalue weighted by atomic mass is 9.98. The van der Waals surface area contributed by atoms with E-state index in [2.05, 4.69) is 5.32 Å². The van der Waals surface area contributed by atoms with E-state index >= 15 is 0 Å². The maximum absolute atomic E-state index is 12.7. The van der Waals surface area contributed by atoms with Crippen molar-refractivity contribution in [3.8, 4) is 22.6 Å². The van der Waals surface area contributed by atoms with Gasteiger partial charge in [-0.1, -0.05) is 12.1 Å². The number of nitrogens with one attached hydrogen (secondary N) is 1. The molecular formula is C21H16F3NO3. The Morgan fingerprint density at radius 3 is 2.32 bits per heavy atom. The smallest absolute Gasteiger partial charge is 0.416 e. The first-order valence-corrected chi connectivity index (χ1v) is 8.24. The van der Waals surface area contributed by atoms with Gasteiger partial charge in [-0.05, 0) is 65.7 Å². The molecule has 1 amide bonds. The summed E-state index contributed by atoms with van der Waals surface area (Å²) in [5.74, 6) is 0.0552. The van der Waals surface area contributed by atoms with Gasteiger partial charge in [0.05, 0.1) is 12.7 Å². The van der Waals surface area contributed by atoms with Crippen molar-refractivity contribution in [2.45, 2.75) is 6.18 Å². The second-order valence-electron chi connectivity index (χ2n) is 5.99. The van der Waals surface area contributed by atoms with Crippen LogP contribution in [0.15, 0.2) is 66.7 Å². The van der Waals surface area contributed by atoms with Gasteiger partial charge in [0.25, 0.3) is 5.91 Å². The van der Waals surface area contributed by atoms with Crippen LogP contribution in [0.1, 0.15) is 15.9 Å². The molecule has 0 aromatic heterocycles. The molecule has 0 saturated heterocycles. The Morgan fingerprint density at radius 1 is 1.00 bits per heavy atom. The van der Waals surface area contributed by atoms with Crippen molar-refractivity contribution in [3.63, 3.8) is 0 Å². The zero-order valence-electron chi connectivity index (χ0n) is 14.7. The summed E-state index contributed by atoms with van der Waals surface area (Å²) in [6.45, 7) is 0. The quantitative estimate of drug-likeness (QED) is 0.635. The lowest BCUT2D eigenvalue weighted by Gasteiger charge is -2.13. The Hall–Kier alpha value is -3.48. The molecule has 0 aliphatic heterocycles. The first-order chi connectivity index (χ1) is 13.3. The predicted octanol–water partition coefficient (Wildman–Crippen LogP) is 5.34. The van der Waals surface area contributed by atoms with E-state index in [9.17, 15) is 23.1 Å². The fourth-order valence-corrected chi connectivity index (χ4v) is 2.70. The molecule has 0 atom stereocenters. The molecule has 144 valence electrons. The minimum atomic E-state index is -4.44. The highest BCUT2D eigenvalue weighted by atomic mass is 19.4. The number of amides is 1. The summed E-state index contributed by atoms with van der Waals surface area (Å²) in [6.07, 6.45) is -4.44. The number of rotatable bonds is 4. The fraction of sp³-hybridized carbons (Fsp3) is 0.0952. The van der Waals surface area contributed by atoms with Gasteiger partial charge in [0.1, 0.15) is 11.5 Å². The number of aromatic hydroxyl groups is 1. The van der Waals surface area contributed by atoms with Gasteiger partial charge < -0.3 is 15.2 Å². The van der Waals surface area contributed by atoms with E-state index in [-0.39, 0.29) is 17.0 Å². The number of ether oxygens (including phenoxy) is 1. The average Bonchev–Trinajstić information content (AvgIpc) is 2.67. The molecule has 3 aromatic carbocycles. The molecule has 0 heterocycles. The monoisotopic (exact) mass is 387 g/mol. The van der Waals surface area contributed by atoms with Crippen LogP contribution in [0.4, 0.5) is 18.9 Å². The summed E-state index contributed by atoms with van der Waals surface area (Å²) < 4.78 is 43.2. The molecule has 0 saturated carbocycles. The van der Waals surface area contributed by atoms with Gasteiger partial charge in [0.2, 0.25) is 0 Å². The number of carbonyl (C=O) groups is 1. The average molecular weight is 387 g/mol. The number of methoxy groups -OCH3 is 1. The zero-order chi connectivity index (χ0) is 20.3. The van der Waals surface area contributed by atoms with Crippen molar-refractivity contribution in [2.75, 3.05) is 12.4 Å². The topological polar surface area (TPSA) is 58.6 Å². The molecular weight excluding hydrogens is 371 g/mol. The Bertz CT molecular complexity index is 999. The summed E-state index contributed by atoms with van der Waals surface area (Å²) in [5, 5.41) is 12.3. The summed E-state index contributed by atoms with van der Waals surface area (Å²) in [7, 11) is 1.49. The number of carbonyl (C=O) groups excluding carboxylic acids is 1. The Kier molecular flexibility index (Phi) is 5.26. The second-order valence-corrected chi connectivity index (χ2v) is 5.99. The molecule has 0 aliphatic carbocycles. The summed E-state index contributed by atoms with van der Waals surface area (Å²) >= 11 is 0. The molecule has 0 radical (unpaired) electrons. The molecule has 4 nitrogen and oxygen atoms in total. The molecule has 3 aromatic rings. The lowest BCUT2D eigenvalue weighted by molar-refractivity contribution is -0.137. The maximum Gasteiger partial charge on any atom is 0.416 e. The van der Waals surface area contributed by atoms with Crippen molar-refractivity contribution in [1.82, 2.24) is 0 Å². The summed E-state index contributed by atoms with van der Waals surface area (Å²) in [4.78, 5) is 12.7. The zero-order valence-corrected chi connectivity index (χ0v) is 14.7. The van der Waals surface area contributed by atoms with Crippen LogP contribution in [0.25, 0.3) is 11.1 Å². The van der Waals surface area contributed by atoms with Crippen LogP contribution in [0, 0.1) is 0 Å². The third kappa shape index (κ3) is 4.25. The highest BCUT2D eigenvalue weighted by molar-refractivity contribution is 6.09. The number of halogens is 3. The van der Waals surface area contributed by atoms with E-state index < -0.39 is 17.6 Å². The normalized spacial score (nSPS) is 11.1. The van der Waals surface area contributed by atoms with Gasteiger partial charge in [-0.15, -0.1) is 0 Å². The lowest BCUT2D eigenvalue weighted by Crippen LogP contribution is -2.13. The standard InChI is InChI=1S/C21H16F3NO3/c1-28-17-9-10-18(19(12-17)13-3-2-4-16(26)11-13)20(27)25-15-7-5-14(6-8-15)21(22,23)24/h2-12,26H,1H3,(H,25,27). The maximum atomic E-state index is 12.7. The summed E-state index contributed by atoms with van der Waals surface area (Å²) in [6, 6.07) is 15.4.